The number of nitrogens with one attached hydrogen (secondary N) is 1. The SMILES string of the molecule is N=C(N)c1cc(F)cc(COc2cc(F)c(Cl)cc2Br)c1. The van der Waals surface area contributed by atoms with E-state index in [1.807, 2.05) is 0 Å². The minimum Gasteiger partial charge on any atom is -0.488 e. The maximum absolute atomic E-state index is 13.4. The zero-order valence-electron chi connectivity index (χ0n) is 10.6. The Balaban J connectivity index is 2.20. The van der Waals surface area contributed by atoms with Gasteiger partial charge in [0.1, 0.15) is 29.8 Å². The Kier molecular flexibility index (Phi) is 4.80. The first-order valence-corrected chi connectivity index (χ1v) is 6.95. The van der Waals surface area contributed by atoms with Crippen LogP contribution >= 0.6 is 27.5 Å². The van der Waals surface area contributed by atoms with E-state index in [0.717, 1.165) is 12.1 Å². The maximum atomic E-state index is 13.4. The van der Waals surface area contributed by atoms with E-state index in [9.17, 15) is 8.78 Å². The highest BCUT2D eigenvalue weighted by Crippen LogP contribution is 2.31. The van der Waals surface area contributed by atoms with Gasteiger partial charge in [0, 0.05) is 11.6 Å². The van der Waals surface area contributed by atoms with Gasteiger partial charge in [-0.1, -0.05) is 11.6 Å². The molecule has 0 aliphatic carbocycles. The molecule has 0 atom stereocenters. The molecule has 0 saturated carbocycles. The molecule has 0 radical (unpaired) electrons. The summed E-state index contributed by atoms with van der Waals surface area (Å²) in [5, 5.41) is 7.28. The standard InChI is InChI=1S/C14H10BrClF2N2O/c15-10-4-11(16)12(18)5-13(10)21-6-7-1-8(14(19)20)3-9(17)2-7/h1-5H,6H2,(H3,19,20). The zero-order valence-corrected chi connectivity index (χ0v) is 12.9. The van der Waals surface area contributed by atoms with E-state index in [-0.39, 0.29) is 28.8 Å². The van der Waals surface area contributed by atoms with Crippen LogP contribution in [0.2, 0.25) is 5.02 Å². The molecule has 0 aromatic heterocycles. The van der Waals surface area contributed by atoms with Gasteiger partial charge in [-0.3, -0.25) is 5.41 Å². The lowest BCUT2D eigenvalue weighted by molar-refractivity contribution is 0.302. The Morgan fingerprint density at radius 2 is 1.95 bits per heavy atom. The fourth-order valence-corrected chi connectivity index (χ4v) is 2.42. The van der Waals surface area contributed by atoms with Crippen molar-refractivity contribution < 1.29 is 13.5 Å². The largest absolute Gasteiger partial charge is 0.488 e. The van der Waals surface area contributed by atoms with Crippen LogP contribution in [0.3, 0.4) is 0 Å². The van der Waals surface area contributed by atoms with E-state index in [4.69, 9.17) is 27.5 Å². The van der Waals surface area contributed by atoms with Crippen LogP contribution in [0.1, 0.15) is 11.1 Å². The van der Waals surface area contributed by atoms with Crippen LogP contribution in [-0.4, -0.2) is 5.84 Å². The van der Waals surface area contributed by atoms with Gasteiger partial charge >= 0.3 is 0 Å². The van der Waals surface area contributed by atoms with Gasteiger partial charge < -0.3 is 10.5 Å². The number of nitrogen functional groups attached to an aromatic ring is 1. The van der Waals surface area contributed by atoms with Gasteiger partial charge in [-0.15, -0.1) is 0 Å². The van der Waals surface area contributed by atoms with Crippen LogP contribution in [0.4, 0.5) is 8.78 Å². The highest BCUT2D eigenvalue weighted by molar-refractivity contribution is 9.10. The van der Waals surface area contributed by atoms with Crippen LogP contribution < -0.4 is 10.5 Å². The number of rotatable bonds is 4. The topological polar surface area (TPSA) is 59.1 Å². The van der Waals surface area contributed by atoms with Gasteiger partial charge in [-0.25, -0.2) is 8.78 Å². The molecule has 3 nitrogen and oxygen atoms in total. The quantitative estimate of drug-likeness (QED) is 0.477. The molecule has 0 saturated heterocycles. The molecule has 0 unspecified atom stereocenters. The van der Waals surface area contributed by atoms with Crippen molar-refractivity contribution in [1.29, 1.82) is 5.41 Å². The van der Waals surface area contributed by atoms with Crippen molar-refractivity contribution in [3.63, 3.8) is 0 Å². The lowest BCUT2D eigenvalue weighted by Crippen LogP contribution is -2.12. The predicted octanol–water partition coefficient (Wildman–Crippen LogP) is 4.24. The third-order valence-corrected chi connectivity index (χ3v) is 3.55. The smallest absolute Gasteiger partial charge is 0.145 e. The van der Waals surface area contributed by atoms with E-state index in [0.29, 0.717) is 10.0 Å². The van der Waals surface area contributed by atoms with Gasteiger partial charge in [0.25, 0.3) is 0 Å². The molecule has 0 aliphatic rings. The Labute approximate surface area is 133 Å². The number of hydrogen-bond donors (Lipinski definition) is 2. The second kappa shape index (κ2) is 6.41. The molecule has 0 spiro atoms. The Bertz CT molecular complexity index is 710. The van der Waals surface area contributed by atoms with Gasteiger partial charge in [0.2, 0.25) is 0 Å². The zero-order chi connectivity index (χ0) is 15.6. The van der Waals surface area contributed by atoms with E-state index in [1.54, 1.807) is 0 Å². The first kappa shape index (κ1) is 15.7. The number of hydrogen-bond acceptors (Lipinski definition) is 2. The summed E-state index contributed by atoms with van der Waals surface area (Å²) in [6.07, 6.45) is 0. The van der Waals surface area contributed by atoms with Crippen molar-refractivity contribution in [2.24, 2.45) is 5.73 Å². The highest BCUT2D eigenvalue weighted by Gasteiger charge is 2.09. The Morgan fingerprint density at radius 1 is 1.24 bits per heavy atom. The third-order valence-electron chi connectivity index (χ3n) is 2.64. The summed E-state index contributed by atoms with van der Waals surface area (Å²) < 4.78 is 32.7. The van der Waals surface area contributed by atoms with Crippen molar-refractivity contribution in [2.75, 3.05) is 0 Å². The summed E-state index contributed by atoms with van der Waals surface area (Å²) in [7, 11) is 0. The lowest BCUT2D eigenvalue weighted by Gasteiger charge is -2.10. The maximum Gasteiger partial charge on any atom is 0.145 e. The molecule has 0 bridgehead atoms. The van der Waals surface area contributed by atoms with E-state index in [2.05, 4.69) is 15.9 Å². The van der Waals surface area contributed by atoms with Crippen molar-refractivity contribution in [2.45, 2.75) is 6.61 Å². The molecule has 0 heterocycles. The number of nitrogens with two attached hydrogens (primary N) is 1. The van der Waals surface area contributed by atoms with Crippen LogP contribution in [0.25, 0.3) is 0 Å². The fraction of sp³-hybridized carbons (Fsp3) is 0.0714. The molecule has 2 aromatic carbocycles. The number of ether oxygens (including phenoxy) is 1. The van der Waals surface area contributed by atoms with E-state index < -0.39 is 11.6 Å². The van der Waals surface area contributed by atoms with Gasteiger partial charge in [0.05, 0.1) is 9.50 Å². The summed E-state index contributed by atoms with van der Waals surface area (Å²) in [6, 6.07) is 6.46. The predicted molar refractivity (Wildman–Crippen MR) is 80.9 cm³/mol. The van der Waals surface area contributed by atoms with Gasteiger partial charge in [-0.05, 0) is 45.8 Å². The normalized spacial score (nSPS) is 10.5. The van der Waals surface area contributed by atoms with E-state index >= 15 is 0 Å². The highest BCUT2D eigenvalue weighted by atomic mass is 79.9. The second-order valence-corrected chi connectivity index (χ2v) is 5.51. The van der Waals surface area contributed by atoms with Gasteiger partial charge in [-0.2, -0.15) is 0 Å². The van der Waals surface area contributed by atoms with Crippen molar-refractivity contribution >= 4 is 33.4 Å². The molecule has 2 rings (SSSR count). The molecule has 7 heteroatoms. The van der Waals surface area contributed by atoms with Crippen LogP contribution in [0.5, 0.6) is 5.75 Å². The second-order valence-electron chi connectivity index (χ2n) is 4.25. The summed E-state index contributed by atoms with van der Waals surface area (Å²) in [4.78, 5) is 0. The van der Waals surface area contributed by atoms with Crippen LogP contribution in [0.15, 0.2) is 34.8 Å². The molecule has 0 amide bonds. The molecular formula is C14H10BrClF2N2O. The summed E-state index contributed by atoms with van der Waals surface area (Å²) in [6.45, 7) is -0.00227. The molecular weight excluding hydrogens is 366 g/mol. The Morgan fingerprint density at radius 3 is 2.62 bits per heavy atom. The minimum atomic E-state index is -0.612. The molecule has 0 aliphatic heterocycles. The first-order chi connectivity index (χ1) is 9.86. The van der Waals surface area contributed by atoms with Gasteiger partial charge in [0.15, 0.2) is 0 Å². The molecule has 0 fully saturated rings. The fourth-order valence-electron chi connectivity index (χ4n) is 1.67. The monoisotopic (exact) mass is 374 g/mol. The summed E-state index contributed by atoms with van der Waals surface area (Å²) >= 11 is 8.83. The van der Waals surface area contributed by atoms with Crippen LogP contribution in [-0.2, 0) is 6.61 Å². The summed E-state index contributed by atoms with van der Waals surface area (Å²) in [5.41, 5.74) is 6.06. The minimum absolute atomic E-state index is 0.00227. The van der Waals surface area contributed by atoms with E-state index in [1.165, 1.54) is 18.2 Å². The lowest BCUT2D eigenvalue weighted by atomic mass is 10.1. The first-order valence-electron chi connectivity index (χ1n) is 5.78. The average molecular weight is 376 g/mol. The third kappa shape index (κ3) is 3.92. The number of amidine groups is 1. The van der Waals surface area contributed by atoms with Crippen LogP contribution in [0, 0.1) is 17.0 Å². The van der Waals surface area contributed by atoms with Crippen molar-refractivity contribution in [3.05, 3.63) is 62.6 Å². The van der Waals surface area contributed by atoms with Crippen molar-refractivity contribution in [3.8, 4) is 5.75 Å². The number of halogens is 4. The molecule has 21 heavy (non-hydrogen) atoms. The van der Waals surface area contributed by atoms with Crippen molar-refractivity contribution in [1.82, 2.24) is 0 Å². The summed E-state index contributed by atoms with van der Waals surface area (Å²) in [5.74, 6) is -1.14. The molecule has 2 aromatic rings. The Hall–Kier alpha value is -1.66. The molecule has 110 valence electrons. The average Bonchev–Trinajstić information content (AvgIpc) is 2.40. The molecule has 3 N–H and O–H groups in total. The number of benzene rings is 2.